The van der Waals surface area contributed by atoms with E-state index in [1.165, 1.54) is 4.57 Å². The van der Waals surface area contributed by atoms with Gasteiger partial charge in [0, 0.05) is 0 Å². The molecule has 3 atom stereocenters. The molecular weight excluding hydrogens is 356 g/mol. The molecule has 3 aromatic rings. The molecular formula is C17H20N4O6. The first-order valence-corrected chi connectivity index (χ1v) is 8.27. The van der Waals surface area contributed by atoms with E-state index in [0.717, 1.165) is 17.5 Å². The molecule has 0 amide bonds. The second-order valence-corrected chi connectivity index (χ2v) is 6.35. The van der Waals surface area contributed by atoms with Crippen LogP contribution in [0.1, 0.15) is 11.1 Å². The normalized spacial score (nSPS) is 15.0. The van der Waals surface area contributed by atoms with Crippen molar-refractivity contribution in [3.8, 4) is 11.6 Å². The number of benzene rings is 1. The van der Waals surface area contributed by atoms with E-state index in [1.54, 1.807) is 12.1 Å². The molecule has 0 bridgehead atoms. The van der Waals surface area contributed by atoms with Crippen LogP contribution in [0.2, 0.25) is 0 Å². The summed E-state index contributed by atoms with van der Waals surface area (Å²) in [6.07, 6.45) is -3.61. The minimum Gasteiger partial charge on any atom is -0.422 e. The molecule has 0 aliphatic carbocycles. The standard InChI is InChI=1S/C17H20N4O6/c1-8-3-10-11(4-9(8)2)21(5-12(23)15(25)13(24)6-22)17(26)14(19-10)16-20-18-7-27-16/h3-4,7,12-13,15,22-25H,5-6H2,1-2H3/t12-,13+,15-/m0/s1. The molecule has 0 fully saturated rings. The van der Waals surface area contributed by atoms with Gasteiger partial charge in [0.25, 0.3) is 11.4 Å². The van der Waals surface area contributed by atoms with Crippen molar-refractivity contribution in [3.05, 3.63) is 40.0 Å². The summed E-state index contributed by atoms with van der Waals surface area (Å²) in [6, 6.07) is 3.53. The summed E-state index contributed by atoms with van der Waals surface area (Å²) in [6.45, 7) is 2.71. The Morgan fingerprint density at radius 2 is 1.85 bits per heavy atom. The van der Waals surface area contributed by atoms with Crippen LogP contribution in [0.3, 0.4) is 0 Å². The predicted molar refractivity (Wildman–Crippen MR) is 93.9 cm³/mol. The van der Waals surface area contributed by atoms with E-state index in [4.69, 9.17) is 9.52 Å². The minimum absolute atomic E-state index is 0.0701. The molecule has 144 valence electrons. The van der Waals surface area contributed by atoms with Crippen molar-refractivity contribution < 1.29 is 24.8 Å². The molecule has 0 radical (unpaired) electrons. The largest absolute Gasteiger partial charge is 0.422 e. The average molecular weight is 376 g/mol. The molecule has 0 aliphatic rings. The van der Waals surface area contributed by atoms with Crippen molar-refractivity contribution in [2.24, 2.45) is 0 Å². The first-order valence-electron chi connectivity index (χ1n) is 8.27. The molecule has 0 aliphatic heterocycles. The third kappa shape index (κ3) is 3.60. The number of hydrogen-bond acceptors (Lipinski definition) is 9. The van der Waals surface area contributed by atoms with Gasteiger partial charge in [0.1, 0.15) is 18.3 Å². The fourth-order valence-electron chi connectivity index (χ4n) is 2.75. The van der Waals surface area contributed by atoms with Crippen molar-refractivity contribution in [3.63, 3.8) is 0 Å². The number of rotatable bonds is 6. The zero-order valence-electron chi connectivity index (χ0n) is 14.8. The zero-order chi connectivity index (χ0) is 19.7. The molecule has 4 N–H and O–H groups in total. The first kappa shape index (κ1) is 19.1. The molecule has 10 heteroatoms. The lowest BCUT2D eigenvalue weighted by Crippen LogP contribution is -2.43. The number of nitrogens with zero attached hydrogens (tertiary/aromatic N) is 4. The van der Waals surface area contributed by atoms with Crippen LogP contribution in [0.4, 0.5) is 0 Å². The molecule has 2 aromatic heterocycles. The van der Waals surface area contributed by atoms with Crippen LogP contribution < -0.4 is 5.56 Å². The van der Waals surface area contributed by atoms with Gasteiger partial charge in [0.05, 0.1) is 24.2 Å². The van der Waals surface area contributed by atoms with Gasteiger partial charge in [-0.15, -0.1) is 10.2 Å². The van der Waals surface area contributed by atoms with Crippen LogP contribution in [0.5, 0.6) is 0 Å². The Bertz CT molecular complexity index is 1000. The number of aliphatic hydroxyl groups excluding tert-OH is 4. The number of aryl methyl sites for hydroxylation is 2. The van der Waals surface area contributed by atoms with Crippen LogP contribution in [-0.4, -0.2) is 65.1 Å². The third-order valence-corrected chi connectivity index (χ3v) is 4.47. The molecule has 27 heavy (non-hydrogen) atoms. The van der Waals surface area contributed by atoms with Gasteiger partial charge in [-0.2, -0.15) is 0 Å². The summed E-state index contributed by atoms with van der Waals surface area (Å²) in [4.78, 5) is 17.3. The van der Waals surface area contributed by atoms with Gasteiger partial charge in [-0.25, -0.2) is 4.98 Å². The molecule has 2 heterocycles. The summed E-state index contributed by atoms with van der Waals surface area (Å²) < 4.78 is 6.31. The predicted octanol–water partition coefficient (Wildman–Crippen LogP) is -0.862. The van der Waals surface area contributed by atoms with Gasteiger partial charge in [0.15, 0.2) is 5.69 Å². The summed E-state index contributed by atoms with van der Waals surface area (Å²) in [5, 5.41) is 45.9. The topological polar surface area (TPSA) is 155 Å². The van der Waals surface area contributed by atoms with E-state index in [1.807, 2.05) is 13.8 Å². The van der Waals surface area contributed by atoms with E-state index in [9.17, 15) is 20.1 Å². The van der Waals surface area contributed by atoms with Crippen molar-refractivity contribution in [1.29, 1.82) is 0 Å². The van der Waals surface area contributed by atoms with Crippen molar-refractivity contribution in [1.82, 2.24) is 19.7 Å². The number of hydrogen-bond donors (Lipinski definition) is 4. The molecule has 1 aromatic carbocycles. The molecule has 0 saturated carbocycles. The number of aromatic nitrogens is 4. The lowest BCUT2D eigenvalue weighted by atomic mass is 10.1. The highest BCUT2D eigenvalue weighted by Crippen LogP contribution is 2.20. The lowest BCUT2D eigenvalue weighted by molar-refractivity contribution is -0.0805. The van der Waals surface area contributed by atoms with Gasteiger partial charge >= 0.3 is 0 Å². The Hall–Kier alpha value is -2.66. The third-order valence-electron chi connectivity index (χ3n) is 4.47. The van der Waals surface area contributed by atoms with Crippen LogP contribution >= 0.6 is 0 Å². The van der Waals surface area contributed by atoms with Gasteiger partial charge in [0.2, 0.25) is 6.39 Å². The van der Waals surface area contributed by atoms with E-state index in [2.05, 4.69) is 15.2 Å². The summed E-state index contributed by atoms with van der Waals surface area (Å²) >= 11 is 0. The first-order chi connectivity index (χ1) is 12.8. The maximum atomic E-state index is 12.9. The Kier molecular flexibility index (Phi) is 5.33. The van der Waals surface area contributed by atoms with E-state index < -0.39 is 30.5 Å². The molecule has 0 unspecified atom stereocenters. The number of fused-ring (bicyclic) bond motifs is 1. The Morgan fingerprint density at radius 3 is 2.48 bits per heavy atom. The SMILES string of the molecule is Cc1cc2nc(-c3nnco3)c(=O)n(C[C@H](O)[C@H](O)[C@H](O)CO)c2cc1C. The molecule has 3 rings (SSSR count). The summed E-state index contributed by atoms with van der Waals surface area (Å²) in [7, 11) is 0. The van der Waals surface area contributed by atoms with Gasteiger partial charge < -0.3 is 29.4 Å². The van der Waals surface area contributed by atoms with E-state index in [-0.39, 0.29) is 18.1 Å². The second-order valence-electron chi connectivity index (χ2n) is 6.35. The monoisotopic (exact) mass is 376 g/mol. The quantitative estimate of drug-likeness (QED) is 0.430. The maximum absolute atomic E-state index is 12.9. The Morgan fingerprint density at radius 1 is 1.15 bits per heavy atom. The minimum atomic E-state index is -1.64. The van der Waals surface area contributed by atoms with Crippen molar-refractivity contribution in [2.45, 2.75) is 38.7 Å². The summed E-state index contributed by atoms with van der Waals surface area (Å²) in [5.41, 5.74) is 2.08. The highest BCUT2D eigenvalue weighted by atomic mass is 16.4. The highest BCUT2D eigenvalue weighted by molar-refractivity contribution is 5.78. The molecule has 0 spiro atoms. The summed E-state index contributed by atoms with van der Waals surface area (Å²) in [5.74, 6) is -0.0701. The van der Waals surface area contributed by atoms with E-state index in [0.29, 0.717) is 11.0 Å². The maximum Gasteiger partial charge on any atom is 0.282 e. The highest BCUT2D eigenvalue weighted by Gasteiger charge is 2.26. The van der Waals surface area contributed by atoms with Crippen LogP contribution in [0.15, 0.2) is 27.7 Å². The smallest absolute Gasteiger partial charge is 0.282 e. The van der Waals surface area contributed by atoms with Gasteiger partial charge in [-0.1, -0.05) is 0 Å². The Balaban J connectivity index is 2.18. The van der Waals surface area contributed by atoms with Crippen LogP contribution in [0.25, 0.3) is 22.6 Å². The van der Waals surface area contributed by atoms with E-state index >= 15 is 0 Å². The van der Waals surface area contributed by atoms with Crippen LogP contribution in [-0.2, 0) is 6.54 Å². The molecule has 0 saturated heterocycles. The molecule has 10 nitrogen and oxygen atoms in total. The van der Waals surface area contributed by atoms with Crippen molar-refractivity contribution in [2.75, 3.05) is 6.61 Å². The average Bonchev–Trinajstić information content (AvgIpc) is 3.18. The fraction of sp³-hybridized carbons (Fsp3) is 0.412. The second kappa shape index (κ2) is 7.53. The fourth-order valence-corrected chi connectivity index (χ4v) is 2.75. The zero-order valence-corrected chi connectivity index (χ0v) is 14.8. The number of aliphatic hydroxyl groups is 4. The van der Waals surface area contributed by atoms with Gasteiger partial charge in [-0.3, -0.25) is 4.79 Å². The van der Waals surface area contributed by atoms with Gasteiger partial charge in [-0.05, 0) is 37.1 Å². The van der Waals surface area contributed by atoms with Crippen molar-refractivity contribution >= 4 is 11.0 Å². The lowest BCUT2D eigenvalue weighted by Gasteiger charge is -2.23. The van der Waals surface area contributed by atoms with Crippen LogP contribution in [0, 0.1) is 13.8 Å². The Labute approximate surface area is 153 Å².